The SMILES string of the molecule is CCOC(=O)[C@@H]1CC[C@@H](N(OCc2ccccc2)C(=O)OCc2ccccc2)CN1C(=O)OC(C)(C)C. The molecule has 0 spiro atoms. The van der Waals surface area contributed by atoms with Crippen molar-refractivity contribution in [2.75, 3.05) is 13.2 Å². The van der Waals surface area contributed by atoms with Crippen molar-refractivity contribution in [3.05, 3.63) is 71.8 Å². The van der Waals surface area contributed by atoms with Gasteiger partial charge in [-0.2, -0.15) is 5.06 Å². The minimum atomic E-state index is -0.817. The highest BCUT2D eigenvalue weighted by Crippen LogP contribution is 2.26. The first-order valence-electron chi connectivity index (χ1n) is 12.5. The van der Waals surface area contributed by atoms with Crippen molar-refractivity contribution in [2.45, 2.75) is 71.4 Å². The van der Waals surface area contributed by atoms with Crippen molar-refractivity contribution < 1.29 is 33.4 Å². The van der Waals surface area contributed by atoms with Crippen molar-refractivity contribution in [1.82, 2.24) is 9.96 Å². The maximum Gasteiger partial charge on any atom is 0.434 e. The van der Waals surface area contributed by atoms with Crippen LogP contribution in [0.5, 0.6) is 0 Å². The molecule has 2 atom stereocenters. The van der Waals surface area contributed by atoms with E-state index >= 15 is 0 Å². The first-order valence-corrected chi connectivity index (χ1v) is 12.5. The van der Waals surface area contributed by atoms with E-state index in [1.165, 1.54) is 9.96 Å². The molecule has 1 fully saturated rings. The monoisotopic (exact) mass is 512 g/mol. The highest BCUT2D eigenvalue weighted by molar-refractivity contribution is 5.82. The van der Waals surface area contributed by atoms with E-state index in [1.807, 2.05) is 60.7 Å². The van der Waals surface area contributed by atoms with Crippen molar-refractivity contribution in [3.8, 4) is 0 Å². The molecule has 3 rings (SSSR count). The predicted octanol–water partition coefficient (Wildman–Crippen LogP) is 5.09. The Balaban J connectivity index is 1.80. The zero-order valence-corrected chi connectivity index (χ0v) is 21.9. The van der Waals surface area contributed by atoms with E-state index < -0.39 is 35.8 Å². The maximum absolute atomic E-state index is 13.2. The number of nitrogens with zero attached hydrogens (tertiary/aromatic N) is 2. The number of hydroxylamine groups is 2. The van der Waals surface area contributed by atoms with Gasteiger partial charge >= 0.3 is 18.2 Å². The number of rotatable bonds is 8. The van der Waals surface area contributed by atoms with Crippen molar-refractivity contribution >= 4 is 18.2 Å². The molecule has 37 heavy (non-hydrogen) atoms. The van der Waals surface area contributed by atoms with E-state index in [1.54, 1.807) is 27.7 Å². The quantitative estimate of drug-likeness (QED) is 0.276. The molecule has 0 saturated carbocycles. The number of ether oxygens (including phenoxy) is 3. The zero-order chi connectivity index (χ0) is 26.8. The van der Waals surface area contributed by atoms with Gasteiger partial charge in [0.1, 0.15) is 24.9 Å². The number of hydrogen-bond acceptors (Lipinski definition) is 7. The first-order chi connectivity index (χ1) is 17.7. The normalized spacial score (nSPS) is 17.6. The Morgan fingerprint density at radius 2 is 1.49 bits per heavy atom. The number of benzene rings is 2. The highest BCUT2D eigenvalue weighted by atomic mass is 16.7. The van der Waals surface area contributed by atoms with Crippen LogP contribution in [0.15, 0.2) is 60.7 Å². The molecule has 2 amide bonds. The summed E-state index contributed by atoms with van der Waals surface area (Å²) in [4.78, 5) is 46.2. The Kier molecular flexibility index (Phi) is 9.91. The molecule has 1 aliphatic rings. The van der Waals surface area contributed by atoms with Gasteiger partial charge in [0.2, 0.25) is 0 Å². The highest BCUT2D eigenvalue weighted by Gasteiger charge is 2.42. The third kappa shape index (κ3) is 8.49. The molecule has 9 heteroatoms. The van der Waals surface area contributed by atoms with Gasteiger partial charge in [0, 0.05) is 6.54 Å². The second kappa shape index (κ2) is 13.1. The largest absolute Gasteiger partial charge is 0.464 e. The Hall–Kier alpha value is -3.59. The smallest absolute Gasteiger partial charge is 0.434 e. The summed E-state index contributed by atoms with van der Waals surface area (Å²) in [6, 6.07) is 17.4. The fourth-order valence-corrected chi connectivity index (χ4v) is 3.96. The van der Waals surface area contributed by atoms with Crippen LogP contribution in [0.3, 0.4) is 0 Å². The number of amides is 2. The Morgan fingerprint density at radius 3 is 2.05 bits per heavy atom. The van der Waals surface area contributed by atoms with Crippen LogP contribution in [-0.2, 0) is 37.1 Å². The number of esters is 1. The zero-order valence-electron chi connectivity index (χ0n) is 21.9. The average Bonchev–Trinajstić information content (AvgIpc) is 2.88. The van der Waals surface area contributed by atoms with Crippen LogP contribution in [0.4, 0.5) is 9.59 Å². The summed E-state index contributed by atoms with van der Waals surface area (Å²) in [7, 11) is 0. The van der Waals surface area contributed by atoms with Crippen LogP contribution in [0.1, 0.15) is 51.7 Å². The van der Waals surface area contributed by atoms with Crippen LogP contribution < -0.4 is 0 Å². The molecule has 0 bridgehead atoms. The minimum absolute atomic E-state index is 0.0214. The lowest BCUT2D eigenvalue weighted by Crippen LogP contribution is -2.58. The number of hydrogen-bond donors (Lipinski definition) is 0. The summed E-state index contributed by atoms with van der Waals surface area (Å²) in [6.45, 7) is 7.38. The lowest BCUT2D eigenvalue weighted by Gasteiger charge is -2.41. The number of piperidine rings is 1. The second-order valence-electron chi connectivity index (χ2n) is 9.76. The Labute approximate surface area is 218 Å². The second-order valence-corrected chi connectivity index (χ2v) is 9.76. The van der Waals surface area contributed by atoms with Gasteiger partial charge in [-0.3, -0.25) is 9.74 Å². The van der Waals surface area contributed by atoms with E-state index in [-0.39, 0.29) is 32.8 Å². The van der Waals surface area contributed by atoms with Gasteiger partial charge in [-0.1, -0.05) is 60.7 Å². The predicted molar refractivity (Wildman–Crippen MR) is 136 cm³/mol. The fourth-order valence-electron chi connectivity index (χ4n) is 3.96. The molecule has 2 aromatic rings. The van der Waals surface area contributed by atoms with Crippen LogP contribution in [0, 0.1) is 0 Å². The molecule has 2 aromatic carbocycles. The van der Waals surface area contributed by atoms with Crippen LogP contribution in [0.25, 0.3) is 0 Å². The molecule has 1 aliphatic heterocycles. The summed E-state index contributed by atoms with van der Waals surface area (Å²) >= 11 is 0. The number of carbonyl (C=O) groups excluding carboxylic acids is 3. The maximum atomic E-state index is 13.2. The summed E-state index contributed by atoms with van der Waals surface area (Å²) in [5, 5.41) is 1.18. The standard InChI is InChI=1S/C28H36N2O7/c1-5-34-25(31)24-17-16-23(18-29(24)26(32)37-28(2,3)4)30(36-20-22-14-10-7-11-15-22)27(33)35-19-21-12-8-6-9-13-21/h6-15,23-24H,5,16-20H2,1-4H3/t23-,24+/m1/s1. The van der Waals surface area contributed by atoms with E-state index in [4.69, 9.17) is 19.0 Å². The van der Waals surface area contributed by atoms with Crippen molar-refractivity contribution in [3.63, 3.8) is 0 Å². The molecule has 0 N–H and O–H groups in total. The van der Waals surface area contributed by atoms with E-state index in [0.29, 0.717) is 6.42 Å². The van der Waals surface area contributed by atoms with Gasteiger partial charge in [-0.05, 0) is 51.7 Å². The average molecular weight is 513 g/mol. The third-order valence-corrected chi connectivity index (χ3v) is 5.67. The molecule has 1 heterocycles. The fraction of sp³-hybridized carbons (Fsp3) is 0.464. The van der Waals surface area contributed by atoms with Crippen molar-refractivity contribution in [2.24, 2.45) is 0 Å². The van der Waals surface area contributed by atoms with Crippen LogP contribution >= 0.6 is 0 Å². The summed E-state index contributed by atoms with van der Waals surface area (Å²) in [5.74, 6) is -0.504. The number of likely N-dealkylation sites (tertiary alicyclic amines) is 1. The Morgan fingerprint density at radius 1 is 0.892 bits per heavy atom. The van der Waals surface area contributed by atoms with Gasteiger partial charge in [-0.15, -0.1) is 0 Å². The van der Waals surface area contributed by atoms with E-state index in [0.717, 1.165) is 11.1 Å². The van der Waals surface area contributed by atoms with E-state index in [2.05, 4.69) is 0 Å². The van der Waals surface area contributed by atoms with Gasteiger partial charge < -0.3 is 14.2 Å². The third-order valence-electron chi connectivity index (χ3n) is 5.67. The molecule has 0 aliphatic carbocycles. The number of carbonyl (C=O) groups is 3. The summed E-state index contributed by atoms with van der Waals surface area (Å²) < 4.78 is 16.3. The summed E-state index contributed by atoms with van der Waals surface area (Å²) in [6.07, 6.45) is -0.655. The van der Waals surface area contributed by atoms with E-state index in [9.17, 15) is 14.4 Å². The molecule has 0 aromatic heterocycles. The lowest BCUT2D eigenvalue weighted by molar-refractivity contribution is -0.185. The Bertz CT molecular complexity index is 1020. The molecule has 1 saturated heterocycles. The van der Waals surface area contributed by atoms with Gasteiger partial charge in [-0.25, -0.2) is 14.4 Å². The van der Waals surface area contributed by atoms with Crippen LogP contribution in [-0.4, -0.2) is 59.0 Å². The molecule has 200 valence electrons. The van der Waals surface area contributed by atoms with Gasteiger partial charge in [0.25, 0.3) is 0 Å². The molecule has 0 unspecified atom stereocenters. The van der Waals surface area contributed by atoms with Crippen LogP contribution in [0.2, 0.25) is 0 Å². The van der Waals surface area contributed by atoms with Gasteiger partial charge in [0.05, 0.1) is 12.6 Å². The topological polar surface area (TPSA) is 94.6 Å². The molecule has 9 nitrogen and oxygen atoms in total. The summed E-state index contributed by atoms with van der Waals surface area (Å²) in [5.41, 5.74) is 0.939. The minimum Gasteiger partial charge on any atom is -0.464 e. The van der Waals surface area contributed by atoms with Crippen molar-refractivity contribution in [1.29, 1.82) is 0 Å². The molecule has 0 radical (unpaired) electrons. The first kappa shape index (κ1) is 28.0. The lowest BCUT2D eigenvalue weighted by atomic mass is 9.98. The molecular formula is C28H36N2O7. The van der Waals surface area contributed by atoms with Gasteiger partial charge in [0.15, 0.2) is 0 Å². The molecular weight excluding hydrogens is 476 g/mol.